The van der Waals surface area contributed by atoms with Crippen molar-refractivity contribution in [1.29, 1.82) is 0 Å². The fraction of sp³-hybridized carbons (Fsp3) is 0.120. The fourth-order valence-electron chi connectivity index (χ4n) is 3.77. The highest BCUT2D eigenvalue weighted by Crippen LogP contribution is 2.43. The van der Waals surface area contributed by atoms with Crippen LogP contribution in [-0.4, -0.2) is 16.8 Å². The van der Waals surface area contributed by atoms with Crippen LogP contribution in [0.4, 0.5) is 10.1 Å². The van der Waals surface area contributed by atoms with Crippen LogP contribution in [0, 0.1) is 19.7 Å². The third-order valence-corrected chi connectivity index (χ3v) is 5.30. The zero-order valence-corrected chi connectivity index (χ0v) is 16.6. The molecule has 0 spiro atoms. The van der Waals surface area contributed by atoms with E-state index in [0.717, 1.165) is 11.1 Å². The van der Waals surface area contributed by atoms with E-state index >= 15 is 0 Å². The number of hydrogen-bond donors (Lipinski definition) is 1. The number of anilines is 1. The van der Waals surface area contributed by atoms with E-state index in [0.29, 0.717) is 11.3 Å². The molecule has 1 saturated heterocycles. The number of carbonyl (C=O) groups excluding carboxylic acids is 2. The number of carbonyl (C=O) groups is 2. The van der Waals surface area contributed by atoms with Crippen molar-refractivity contribution in [3.05, 3.63) is 106 Å². The third kappa shape index (κ3) is 3.28. The molecule has 1 atom stereocenters. The highest BCUT2D eigenvalue weighted by Gasteiger charge is 2.47. The van der Waals surface area contributed by atoms with Crippen molar-refractivity contribution in [1.82, 2.24) is 0 Å². The first-order valence-electron chi connectivity index (χ1n) is 9.57. The van der Waals surface area contributed by atoms with Gasteiger partial charge in [0, 0.05) is 11.3 Å². The topological polar surface area (TPSA) is 57.6 Å². The second-order valence-corrected chi connectivity index (χ2v) is 7.38. The second-order valence-electron chi connectivity index (χ2n) is 7.38. The number of amides is 1. The van der Waals surface area contributed by atoms with Crippen LogP contribution in [0.5, 0.6) is 0 Å². The molecular weight excluding hydrogens is 381 g/mol. The van der Waals surface area contributed by atoms with E-state index in [1.165, 1.54) is 29.2 Å². The maximum absolute atomic E-state index is 13.3. The van der Waals surface area contributed by atoms with Gasteiger partial charge in [-0.2, -0.15) is 0 Å². The van der Waals surface area contributed by atoms with Gasteiger partial charge in [0.1, 0.15) is 11.6 Å². The number of nitrogens with zero attached hydrogens (tertiary/aromatic N) is 1. The number of Topliss-reactive ketones (excluding diaryl/α,β-unsaturated/α-hetero) is 1. The van der Waals surface area contributed by atoms with Crippen molar-refractivity contribution >= 4 is 23.1 Å². The zero-order valence-electron chi connectivity index (χ0n) is 16.6. The Kier molecular flexibility index (Phi) is 4.96. The Labute approximate surface area is 173 Å². The third-order valence-electron chi connectivity index (χ3n) is 5.30. The Morgan fingerprint density at radius 2 is 1.60 bits per heavy atom. The van der Waals surface area contributed by atoms with Crippen molar-refractivity contribution in [3.8, 4) is 0 Å². The lowest BCUT2D eigenvalue weighted by molar-refractivity contribution is -0.132. The lowest BCUT2D eigenvalue weighted by Crippen LogP contribution is -2.30. The Bertz CT molecular complexity index is 1170. The first-order valence-corrected chi connectivity index (χ1v) is 9.57. The number of ketones is 1. The average molecular weight is 401 g/mol. The number of aliphatic hydroxyl groups is 1. The van der Waals surface area contributed by atoms with E-state index in [1.807, 2.05) is 62.4 Å². The molecule has 1 N–H and O–H groups in total. The summed E-state index contributed by atoms with van der Waals surface area (Å²) in [5.41, 5.74) is 3.36. The van der Waals surface area contributed by atoms with Crippen LogP contribution in [0.25, 0.3) is 5.76 Å². The van der Waals surface area contributed by atoms with Crippen molar-refractivity contribution in [2.45, 2.75) is 19.9 Å². The fourth-order valence-corrected chi connectivity index (χ4v) is 3.77. The monoisotopic (exact) mass is 401 g/mol. The highest BCUT2D eigenvalue weighted by molar-refractivity contribution is 6.51. The molecule has 3 aromatic rings. The summed E-state index contributed by atoms with van der Waals surface area (Å²) in [6, 6.07) is 19.2. The summed E-state index contributed by atoms with van der Waals surface area (Å²) in [7, 11) is 0. The molecule has 150 valence electrons. The molecule has 0 aromatic heterocycles. The van der Waals surface area contributed by atoms with Gasteiger partial charge in [-0.3, -0.25) is 14.5 Å². The van der Waals surface area contributed by atoms with Crippen LogP contribution in [0.1, 0.15) is 28.3 Å². The minimum Gasteiger partial charge on any atom is -0.507 e. The van der Waals surface area contributed by atoms with Crippen molar-refractivity contribution < 1.29 is 19.1 Å². The predicted octanol–water partition coefficient (Wildman–Crippen LogP) is 5.07. The summed E-state index contributed by atoms with van der Waals surface area (Å²) in [5.74, 6) is -2.26. The molecule has 4 rings (SSSR count). The van der Waals surface area contributed by atoms with E-state index in [1.54, 1.807) is 0 Å². The van der Waals surface area contributed by atoms with Gasteiger partial charge in [0.15, 0.2) is 0 Å². The number of benzene rings is 3. The molecule has 0 aliphatic carbocycles. The van der Waals surface area contributed by atoms with Crippen LogP contribution >= 0.6 is 0 Å². The van der Waals surface area contributed by atoms with Crippen LogP contribution in [0.2, 0.25) is 0 Å². The van der Waals surface area contributed by atoms with Gasteiger partial charge in [-0.05, 0) is 60.9 Å². The zero-order chi connectivity index (χ0) is 21.4. The summed E-state index contributed by atoms with van der Waals surface area (Å²) >= 11 is 0. The van der Waals surface area contributed by atoms with E-state index in [-0.39, 0.29) is 16.9 Å². The molecule has 0 radical (unpaired) electrons. The second kappa shape index (κ2) is 7.59. The highest BCUT2D eigenvalue weighted by atomic mass is 19.1. The van der Waals surface area contributed by atoms with E-state index < -0.39 is 23.5 Å². The molecule has 1 fully saturated rings. The van der Waals surface area contributed by atoms with Crippen molar-refractivity contribution in [2.75, 3.05) is 4.90 Å². The standard InChI is InChI=1S/C25H20FNO3/c1-15-8-9-16(2)20(14-15)27-22(17-6-4-3-5-7-17)21(24(29)25(27)30)23(28)18-10-12-19(26)13-11-18/h3-14,22,28H,1-2H3/b23-21+. The smallest absolute Gasteiger partial charge is 0.300 e. The molecule has 1 heterocycles. The van der Waals surface area contributed by atoms with Gasteiger partial charge in [0.2, 0.25) is 0 Å². The average Bonchev–Trinajstić information content (AvgIpc) is 3.01. The molecule has 1 unspecified atom stereocenters. The first kappa shape index (κ1) is 19.6. The van der Waals surface area contributed by atoms with Crippen molar-refractivity contribution in [2.24, 2.45) is 0 Å². The van der Waals surface area contributed by atoms with Crippen LogP contribution in [0.15, 0.2) is 78.4 Å². The molecule has 5 heteroatoms. The molecule has 1 aliphatic heterocycles. The molecule has 0 saturated carbocycles. The van der Waals surface area contributed by atoms with E-state index in [2.05, 4.69) is 0 Å². The number of aliphatic hydroxyl groups excluding tert-OH is 1. The van der Waals surface area contributed by atoms with Crippen LogP contribution in [0.3, 0.4) is 0 Å². The Morgan fingerprint density at radius 3 is 2.27 bits per heavy atom. The van der Waals surface area contributed by atoms with Gasteiger partial charge >= 0.3 is 0 Å². The predicted molar refractivity (Wildman–Crippen MR) is 114 cm³/mol. The maximum atomic E-state index is 13.3. The normalized spacial score (nSPS) is 18.1. The molecule has 1 aliphatic rings. The number of hydrogen-bond acceptors (Lipinski definition) is 3. The summed E-state index contributed by atoms with van der Waals surface area (Å²) in [6.45, 7) is 3.78. The van der Waals surface area contributed by atoms with Gasteiger partial charge < -0.3 is 5.11 Å². The maximum Gasteiger partial charge on any atom is 0.300 e. The molecule has 0 bridgehead atoms. The minimum absolute atomic E-state index is 0.0151. The van der Waals surface area contributed by atoms with Crippen LogP contribution in [-0.2, 0) is 9.59 Å². The molecule has 3 aromatic carbocycles. The lowest BCUT2D eigenvalue weighted by atomic mass is 9.95. The minimum atomic E-state index is -0.795. The Balaban J connectivity index is 1.97. The number of aryl methyl sites for hydroxylation is 2. The van der Waals surface area contributed by atoms with Gasteiger partial charge in [0.25, 0.3) is 11.7 Å². The summed E-state index contributed by atoms with van der Waals surface area (Å²) in [6.07, 6.45) is 0. The number of halogens is 1. The molecular formula is C25H20FNO3. The Morgan fingerprint density at radius 1 is 0.933 bits per heavy atom. The van der Waals surface area contributed by atoms with Gasteiger partial charge in [-0.15, -0.1) is 0 Å². The quantitative estimate of drug-likeness (QED) is 0.379. The first-order chi connectivity index (χ1) is 14.4. The lowest BCUT2D eigenvalue weighted by Gasteiger charge is -2.27. The van der Waals surface area contributed by atoms with Gasteiger partial charge in [-0.25, -0.2) is 4.39 Å². The van der Waals surface area contributed by atoms with E-state index in [4.69, 9.17) is 0 Å². The van der Waals surface area contributed by atoms with E-state index in [9.17, 15) is 19.1 Å². The summed E-state index contributed by atoms with van der Waals surface area (Å²) in [4.78, 5) is 27.6. The largest absolute Gasteiger partial charge is 0.507 e. The SMILES string of the molecule is Cc1ccc(C)c(N2C(=O)C(=O)/C(=C(/O)c3ccc(F)cc3)C2c2ccccc2)c1. The molecule has 30 heavy (non-hydrogen) atoms. The molecule has 4 nitrogen and oxygen atoms in total. The number of rotatable bonds is 3. The van der Waals surface area contributed by atoms with Gasteiger partial charge in [-0.1, -0.05) is 42.5 Å². The van der Waals surface area contributed by atoms with Crippen LogP contribution < -0.4 is 4.90 Å². The summed E-state index contributed by atoms with van der Waals surface area (Å²) in [5, 5.41) is 11.0. The summed E-state index contributed by atoms with van der Waals surface area (Å²) < 4.78 is 13.3. The van der Waals surface area contributed by atoms with Gasteiger partial charge in [0.05, 0.1) is 11.6 Å². The van der Waals surface area contributed by atoms with Crippen molar-refractivity contribution in [3.63, 3.8) is 0 Å². The Hall–Kier alpha value is -3.73. The molecule has 1 amide bonds.